The molecule has 0 spiro atoms. The Bertz CT molecular complexity index is 110. The first kappa shape index (κ1) is 14.6. The Hall–Kier alpha value is 0.0500. The minimum absolute atomic E-state index is 0.264. The second-order valence-electron chi connectivity index (χ2n) is 3.14. The van der Waals surface area contributed by atoms with Crippen LogP contribution >= 0.6 is 0 Å². The van der Waals surface area contributed by atoms with Crippen LogP contribution in [-0.2, 0) is 0 Å². The molecule has 0 aliphatic carbocycles. The molecule has 0 rings (SSSR count). The second-order valence-corrected chi connectivity index (χ2v) is 3.94. The van der Waals surface area contributed by atoms with Gasteiger partial charge in [0, 0.05) is 6.92 Å². The number of aliphatic hydroxyl groups is 1. The van der Waals surface area contributed by atoms with Crippen LogP contribution in [0, 0.1) is 10.2 Å². The minimum atomic E-state index is -4.69. The van der Waals surface area contributed by atoms with Gasteiger partial charge in [-0.2, -0.15) is 14.0 Å². The normalized spacial score (nSPS) is 14.8. The van der Waals surface area contributed by atoms with Gasteiger partial charge in [0.15, 0.2) is 6.23 Å². The number of hydrogen-bond donors (Lipinski definition) is 2. The molecule has 2 N–H and O–H groups in total. The molecule has 0 bridgehead atoms. The van der Waals surface area contributed by atoms with Gasteiger partial charge in [0.25, 0.3) is 0 Å². The van der Waals surface area contributed by atoms with Gasteiger partial charge in [-0.05, 0) is 0 Å². The highest BCUT2D eigenvalue weighted by Gasteiger charge is 2.12. The largest absolute Gasteiger partial charge is 0.345 e. The second kappa shape index (κ2) is 4.93. The Labute approximate surface area is 73.6 Å². The van der Waals surface area contributed by atoms with E-state index in [-0.39, 0.29) is 6.23 Å². The van der Waals surface area contributed by atoms with Crippen LogP contribution in [0.4, 0.5) is 0 Å². The van der Waals surface area contributed by atoms with Crippen molar-refractivity contribution in [2.24, 2.45) is 0 Å². The summed E-state index contributed by atoms with van der Waals surface area (Å²) in [7, 11) is 1.15. The Balaban J connectivity index is 0. The van der Waals surface area contributed by atoms with Gasteiger partial charge in [-0.3, -0.25) is 0 Å². The lowest BCUT2D eigenvalue weighted by Crippen LogP contribution is -2.58. The highest BCUT2D eigenvalue weighted by Crippen LogP contribution is 1.94. The van der Waals surface area contributed by atoms with Crippen molar-refractivity contribution in [2.45, 2.75) is 13.2 Å². The molecular weight excluding hydrogens is 190 g/mol. The van der Waals surface area contributed by atoms with E-state index in [0.717, 1.165) is 0 Å². The van der Waals surface area contributed by atoms with Crippen molar-refractivity contribution in [3.8, 4) is 0 Å². The van der Waals surface area contributed by atoms with Crippen LogP contribution in [0.25, 0.3) is 0 Å². The number of halogens is 1. The zero-order valence-electron chi connectivity index (χ0n) is 7.52. The molecule has 0 aromatic carbocycles. The summed E-state index contributed by atoms with van der Waals surface area (Å²) in [5.74, 6) is 0. The van der Waals surface area contributed by atoms with E-state index in [2.05, 4.69) is 0 Å². The summed E-state index contributed by atoms with van der Waals surface area (Å²) in [4.78, 5) is 0. The Morgan fingerprint density at radius 3 is 1.25 bits per heavy atom. The summed E-state index contributed by atoms with van der Waals surface area (Å²) >= 11 is 0. The predicted molar refractivity (Wildman–Crippen MR) is 31.9 cm³/mol. The summed E-state index contributed by atoms with van der Waals surface area (Å²) in [6, 6.07) is 0. The lowest BCUT2D eigenvalue weighted by atomic mass is 10.5. The molecule has 1 unspecified atom stereocenters. The van der Waals surface area contributed by atoms with Gasteiger partial charge < -0.3 is 9.59 Å². The highest BCUT2D eigenvalue weighted by molar-refractivity contribution is 4.18. The molecule has 12 heavy (non-hydrogen) atoms. The van der Waals surface area contributed by atoms with E-state index in [0.29, 0.717) is 4.48 Å². The van der Waals surface area contributed by atoms with Crippen molar-refractivity contribution >= 4 is 0 Å². The molecule has 0 fully saturated rings. The summed E-state index contributed by atoms with van der Waals surface area (Å²) < 4.78 is 33.3. The van der Waals surface area contributed by atoms with E-state index in [9.17, 15) is 0 Å². The number of aliphatic hydroxyl groups excluding tert-OH is 1. The van der Waals surface area contributed by atoms with Crippen LogP contribution in [0.15, 0.2) is 0 Å². The molecule has 0 amide bonds. The third kappa shape index (κ3) is 22.5. The molecule has 0 heterocycles. The van der Waals surface area contributed by atoms with E-state index in [1.807, 2.05) is 21.1 Å². The highest BCUT2D eigenvalue weighted by atomic mass is 35.7. The van der Waals surface area contributed by atoms with Crippen molar-refractivity contribution < 1.29 is 38.5 Å². The average molecular weight is 205 g/mol. The number of nitrogens with zero attached hydrogens (tertiary/aromatic N) is 1. The Morgan fingerprint density at radius 1 is 1.17 bits per heavy atom. The molecule has 76 valence electrons. The molecule has 0 saturated carbocycles. The molecule has 0 aromatic rings. The fraction of sp³-hybridized carbons (Fsp3) is 1.00. The SMILES string of the molecule is CC(O)[N+](C)(C)C.[O-][Cl+3]([O-])([O-])O. The van der Waals surface area contributed by atoms with E-state index >= 15 is 0 Å². The summed E-state index contributed by atoms with van der Waals surface area (Å²) in [5.41, 5.74) is 0. The van der Waals surface area contributed by atoms with Crippen LogP contribution in [0.2, 0.25) is 0 Å². The molecule has 0 aliphatic heterocycles. The molecule has 0 radical (unpaired) electrons. The fourth-order valence-electron chi connectivity index (χ4n) is 0. The monoisotopic (exact) mass is 204 g/mol. The maximum atomic E-state index is 8.86. The topological polar surface area (TPSA) is 110 Å². The smallest absolute Gasteiger partial charge is 0.187 e. The van der Waals surface area contributed by atoms with E-state index in [1.165, 1.54) is 0 Å². The maximum absolute atomic E-state index is 8.86. The van der Waals surface area contributed by atoms with Crippen LogP contribution in [0.3, 0.4) is 0 Å². The van der Waals surface area contributed by atoms with Gasteiger partial charge in [0.1, 0.15) is 0 Å². The van der Waals surface area contributed by atoms with E-state index in [4.69, 9.17) is 23.7 Å². The van der Waals surface area contributed by atoms with Gasteiger partial charge >= 0.3 is 0 Å². The van der Waals surface area contributed by atoms with Crippen molar-refractivity contribution in [3.63, 3.8) is 0 Å². The first-order chi connectivity index (χ1) is 4.94. The Morgan fingerprint density at radius 2 is 1.25 bits per heavy atom. The number of rotatable bonds is 1. The van der Waals surface area contributed by atoms with Crippen molar-refractivity contribution in [2.75, 3.05) is 21.1 Å². The third-order valence-electron chi connectivity index (χ3n) is 1.12. The standard InChI is InChI=1S/C5H14NO.ClHO4/c1-5(7)6(2,3)4;2-1(3,4)5/h5,7H,1-4H3;(H,2,3,4,5)/q+1;. The molecular formula is C5H15ClNO5+. The third-order valence-corrected chi connectivity index (χ3v) is 1.12. The van der Waals surface area contributed by atoms with Gasteiger partial charge in [0.05, 0.1) is 36.0 Å². The van der Waals surface area contributed by atoms with Crippen molar-refractivity contribution in [1.82, 2.24) is 0 Å². The molecule has 0 aliphatic rings. The quantitative estimate of drug-likeness (QED) is 0.333. The van der Waals surface area contributed by atoms with Gasteiger partial charge in [-0.1, -0.05) is 0 Å². The first-order valence-electron chi connectivity index (χ1n) is 3.07. The van der Waals surface area contributed by atoms with E-state index < -0.39 is 10.2 Å². The minimum Gasteiger partial charge on any atom is -0.345 e. The van der Waals surface area contributed by atoms with Crippen molar-refractivity contribution in [3.05, 3.63) is 0 Å². The van der Waals surface area contributed by atoms with E-state index in [1.54, 1.807) is 6.92 Å². The predicted octanol–water partition coefficient (Wildman–Crippen LogP) is -4.09. The summed E-state index contributed by atoms with van der Waals surface area (Å²) in [5, 5.41) is 8.86. The zero-order chi connectivity index (χ0) is 10.6. The number of quaternary nitrogens is 1. The molecule has 1 atom stereocenters. The number of hydrogen-bond acceptors (Lipinski definition) is 5. The van der Waals surface area contributed by atoms with Crippen molar-refractivity contribution in [1.29, 1.82) is 0 Å². The molecule has 6 nitrogen and oxygen atoms in total. The Kier molecular flexibility index (Phi) is 5.98. The van der Waals surface area contributed by atoms with Crippen LogP contribution < -0.4 is 14.0 Å². The molecule has 7 heteroatoms. The van der Waals surface area contributed by atoms with Crippen LogP contribution in [-0.4, -0.2) is 41.6 Å². The van der Waals surface area contributed by atoms with Gasteiger partial charge in [0.2, 0.25) is 0 Å². The lowest BCUT2D eigenvalue weighted by Gasteiger charge is -2.26. The van der Waals surface area contributed by atoms with Crippen LogP contribution in [0.5, 0.6) is 0 Å². The summed E-state index contributed by atoms with van der Waals surface area (Å²) in [6.45, 7) is 1.78. The first-order valence-corrected chi connectivity index (χ1v) is 4.33. The molecule has 0 saturated heterocycles. The summed E-state index contributed by atoms with van der Waals surface area (Å²) in [6.07, 6.45) is -0.264. The fourth-order valence-corrected chi connectivity index (χ4v) is 0. The van der Waals surface area contributed by atoms with Gasteiger partial charge in [-0.15, -0.1) is 0 Å². The van der Waals surface area contributed by atoms with Gasteiger partial charge in [-0.25, -0.2) is 0 Å². The zero-order valence-corrected chi connectivity index (χ0v) is 8.28. The lowest BCUT2D eigenvalue weighted by molar-refractivity contribution is -1.92. The maximum Gasteiger partial charge on any atom is 0.187 e. The molecule has 0 aromatic heterocycles. The average Bonchev–Trinajstić information content (AvgIpc) is 1.55. The van der Waals surface area contributed by atoms with Crippen LogP contribution in [0.1, 0.15) is 6.92 Å².